The van der Waals surface area contributed by atoms with Crippen LogP contribution in [0.15, 0.2) is 24.3 Å². The Bertz CT molecular complexity index is 590. The summed E-state index contributed by atoms with van der Waals surface area (Å²) < 4.78 is 13.1. The van der Waals surface area contributed by atoms with Crippen molar-refractivity contribution in [2.75, 3.05) is 19.6 Å². The maximum atomic E-state index is 13.1. The average Bonchev–Trinajstić information content (AvgIpc) is 3.31. The molecule has 6 heteroatoms. The number of nitrogens with one attached hydrogen (secondary N) is 1. The van der Waals surface area contributed by atoms with Crippen LogP contribution < -0.4 is 11.1 Å². The number of piperidine rings is 1. The number of nitrogens with zero attached hydrogens (tertiary/aromatic N) is 1. The smallest absolute Gasteiger partial charge is 0.231 e. The molecule has 0 spiro atoms. The molecular weight excluding hydrogens is 297 g/mol. The average molecular weight is 319 g/mol. The standard InChI is InChI=1S/C17H22FN3O2/c18-13-3-1-12(2-4-13)17(7-8-17)16(23)20-14-5-9-21(10-6-14)11-15(19)22/h1-4,14H,5-11H2,(H2,19,22)(H,20,23). The molecule has 5 nitrogen and oxygen atoms in total. The third-order valence-corrected chi connectivity index (χ3v) is 4.88. The van der Waals surface area contributed by atoms with Gasteiger partial charge in [0.05, 0.1) is 12.0 Å². The van der Waals surface area contributed by atoms with E-state index in [0.29, 0.717) is 0 Å². The number of likely N-dealkylation sites (tertiary alicyclic amines) is 1. The van der Waals surface area contributed by atoms with Crippen LogP contribution in [0.1, 0.15) is 31.2 Å². The molecule has 2 amide bonds. The van der Waals surface area contributed by atoms with Crippen LogP contribution in [0.25, 0.3) is 0 Å². The van der Waals surface area contributed by atoms with Gasteiger partial charge >= 0.3 is 0 Å². The Hall–Kier alpha value is -1.95. The van der Waals surface area contributed by atoms with Gasteiger partial charge in [-0.15, -0.1) is 0 Å². The summed E-state index contributed by atoms with van der Waals surface area (Å²) in [7, 11) is 0. The van der Waals surface area contributed by atoms with E-state index < -0.39 is 5.41 Å². The van der Waals surface area contributed by atoms with Gasteiger partial charge in [0.15, 0.2) is 0 Å². The Labute approximate surface area is 135 Å². The first-order valence-electron chi connectivity index (χ1n) is 8.07. The quantitative estimate of drug-likeness (QED) is 0.847. The van der Waals surface area contributed by atoms with Crippen molar-refractivity contribution in [3.05, 3.63) is 35.6 Å². The van der Waals surface area contributed by atoms with Crippen LogP contribution in [0.5, 0.6) is 0 Å². The zero-order chi connectivity index (χ0) is 16.4. The molecule has 2 aliphatic rings. The SMILES string of the molecule is NC(=O)CN1CCC(NC(=O)C2(c3ccc(F)cc3)CC2)CC1. The van der Waals surface area contributed by atoms with Crippen molar-refractivity contribution in [3.63, 3.8) is 0 Å². The summed E-state index contributed by atoms with van der Waals surface area (Å²) >= 11 is 0. The normalized spacial score (nSPS) is 20.9. The van der Waals surface area contributed by atoms with E-state index in [1.165, 1.54) is 12.1 Å². The summed E-state index contributed by atoms with van der Waals surface area (Å²) in [6.45, 7) is 1.80. The van der Waals surface area contributed by atoms with Crippen molar-refractivity contribution in [3.8, 4) is 0 Å². The largest absolute Gasteiger partial charge is 0.369 e. The molecule has 23 heavy (non-hydrogen) atoms. The molecule has 1 heterocycles. The topological polar surface area (TPSA) is 75.4 Å². The Morgan fingerprint density at radius 3 is 2.35 bits per heavy atom. The zero-order valence-electron chi connectivity index (χ0n) is 13.1. The van der Waals surface area contributed by atoms with Gasteiger partial charge in [0.1, 0.15) is 5.82 Å². The van der Waals surface area contributed by atoms with Crippen LogP contribution >= 0.6 is 0 Å². The van der Waals surface area contributed by atoms with Crippen molar-refractivity contribution in [1.29, 1.82) is 0 Å². The molecule has 124 valence electrons. The van der Waals surface area contributed by atoms with Crippen LogP contribution in [0.3, 0.4) is 0 Å². The fourth-order valence-electron chi connectivity index (χ4n) is 3.32. The number of carbonyl (C=O) groups excluding carboxylic acids is 2. The number of carbonyl (C=O) groups is 2. The fraction of sp³-hybridized carbons (Fsp3) is 0.529. The highest BCUT2D eigenvalue weighted by Gasteiger charge is 2.51. The van der Waals surface area contributed by atoms with Crippen molar-refractivity contribution in [2.45, 2.75) is 37.1 Å². The minimum Gasteiger partial charge on any atom is -0.369 e. The lowest BCUT2D eigenvalue weighted by atomic mass is 9.93. The summed E-state index contributed by atoms with van der Waals surface area (Å²) in [6, 6.07) is 6.36. The second-order valence-corrected chi connectivity index (χ2v) is 6.58. The zero-order valence-corrected chi connectivity index (χ0v) is 13.1. The third-order valence-electron chi connectivity index (χ3n) is 4.88. The van der Waals surface area contributed by atoms with Gasteiger partial charge < -0.3 is 11.1 Å². The summed E-state index contributed by atoms with van der Waals surface area (Å²) in [5.74, 6) is -0.565. The van der Waals surface area contributed by atoms with Gasteiger partial charge in [0, 0.05) is 19.1 Å². The summed E-state index contributed by atoms with van der Waals surface area (Å²) in [5.41, 5.74) is 5.62. The Morgan fingerprint density at radius 2 is 1.83 bits per heavy atom. The molecule has 0 radical (unpaired) electrons. The second kappa shape index (κ2) is 6.28. The first-order chi connectivity index (χ1) is 11.0. The van der Waals surface area contributed by atoms with Crippen LogP contribution in [0.4, 0.5) is 4.39 Å². The van der Waals surface area contributed by atoms with E-state index in [9.17, 15) is 14.0 Å². The van der Waals surface area contributed by atoms with Crippen molar-refractivity contribution in [1.82, 2.24) is 10.2 Å². The van der Waals surface area contributed by atoms with Crippen LogP contribution in [-0.2, 0) is 15.0 Å². The molecule has 1 saturated heterocycles. The van der Waals surface area contributed by atoms with Crippen LogP contribution in [0.2, 0.25) is 0 Å². The minimum atomic E-state index is -0.474. The molecular formula is C17H22FN3O2. The third kappa shape index (κ3) is 3.52. The van der Waals surface area contributed by atoms with Gasteiger partial charge in [-0.2, -0.15) is 0 Å². The lowest BCUT2D eigenvalue weighted by Crippen LogP contribution is -2.49. The van der Waals surface area contributed by atoms with E-state index in [1.807, 2.05) is 4.90 Å². The Morgan fingerprint density at radius 1 is 1.22 bits per heavy atom. The van der Waals surface area contributed by atoms with E-state index in [1.54, 1.807) is 12.1 Å². The van der Waals surface area contributed by atoms with Gasteiger partial charge in [-0.25, -0.2) is 4.39 Å². The molecule has 1 aliphatic carbocycles. The predicted molar refractivity (Wildman–Crippen MR) is 84.1 cm³/mol. The minimum absolute atomic E-state index is 0.0393. The Kier molecular flexibility index (Phi) is 4.35. The number of halogens is 1. The van der Waals surface area contributed by atoms with E-state index in [-0.39, 0.29) is 30.2 Å². The molecule has 1 saturated carbocycles. The highest BCUT2D eigenvalue weighted by atomic mass is 19.1. The summed E-state index contributed by atoms with van der Waals surface area (Å²) in [6.07, 6.45) is 3.26. The van der Waals surface area contributed by atoms with Gasteiger partial charge in [-0.3, -0.25) is 14.5 Å². The predicted octanol–water partition coefficient (Wildman–Crippen LogP) is 0.923. The maximum absolute atomic E-state index is 13.1. The van der Waals surface area contributed by atoms with Crippen LogP contribution in [-0.4, -0.2) is 42.4 Å². The molecule has 3 rings (SSSR count). The van der Waals surface area contributed by atoms with Gasteiger partial charge in [0.25, 0.3) is 0 Å². The number of benzene rings is 1. The molecule has 0 aromatic heterocycles. The highest BCUT2D eigenvalue weighted by molar-refractivity contribution is 5.91. The van der Waals surface area contributed by atoms with E-state index >= 15 is 0 Å². The Balaban J connectivity index is 1.56. The number of nitrogens with two attached hydrogens (primary N) is 1. The molecule has 3 N–H and O–H groups in total. The van der Waals surface area contributed by atoms with Gasteiger partial charge in [-0.1, -0.05) is 12.1 Å². The van der Waals surface area contributed by atoms with Gasteiger partial charge in [-0.05, 0) is 43.4 Å². The lowest BCUT2D eigenvalue weighted by molar-refractivity contribution is -0.125. The monoisotopic (exact) mass is 319 g/mol. The molecule has 0 unspecified atom stereocenters. The number of hydrogen-bond donors (Lipinski definition) is 2. The fourth-order valence-corrected chi connectivity index (χ4v) is 3.32. The molecule has 1 aromatic carbocycles. The molecule has 2 fully saturated rings. The van der Waals surface area contributed by atoms with Crippen molar-refractivity contribution in [2.24, 2.45) is 5.73 Å². The maximum Gasteiger partial charge on any atom is 0.231 e. The van der Waals surface area contributed by atoms with Crippen LogP contribution in [0, 0.1) is 5.82 Å². The first-order valence-corrected chi connectivity index (χ1v) is 8.07. The number of primary amides is 1. The summed E-state index contributed by atoms with van der Waals surface area (Å²) in [4.78, 5) is 25.6. The molecule has 1 aliphatic heterocycles. The lowest BCUT2D eigenvalue weighted by Gasteiger charge is -2.32. The van der Waals surface area contributed by atoms with Gasteiger partial charge in [0.2, 0.25) is 11.8 Å². The molecule has 0 atom stereocenters. The first kappa shape index (κ1) is 15.9. The van der Waals surface area contributed by atoms with E-state index in [4.69, 9.17) is 5.73 Å². The number of amides is 2. The number of rotatable bonds is 5. The van der Waals surface area contributed by atoms with E-state index in [2.05, 4.69) is 5.32 Å². The van der Waals surface area contributed by atoms with Crippen molar-refractivity contribution < 1.29 is 14.0 Å². The van der Waals surface area contributed by atoms with Crippen molar-refractivity contribution >= 4 is 11.8 Å². The summed E-state index contributed by atoms with van der Waals surface area (Å²) in [5, 5.41) is 3.13. The number of hydrogen-bond acceptors (Lipinski definition) is 3. The molecule has 1 aromatic rings. The molecule has 0 bridgehead atoms. The second-order valence-electron chi connectivity index (χ2n) is 6.58. The van der Waals surface area contributed by atoms with E-state index in [0.717, 1.165) is 44.3 Å². The highest BCUT2D eigenvalue weighted by Crippen LogP contribution is 2.48.